The molecule has 0 fully saturated rings. The summed E-state index contributed by atoms with van der Waals surface area (Å²) >= 11 is 6.26. The highest BCUT2D eigenvalue weighted by molar-refractivity contribution is 7.92. The highest BCUT2D eigenvalue weighted by Gasteiger charge is 2.28. The van der Waals surface area contributed by atoms with E-state index in [1.54, 1.807) is 66.7 Å². The number of hydrogen-bond acceptors (Lipinski definition) is 4. The molecule has 3 rings (SSSR count). The standard InChI is InChI=1S/C22H21ClN2O4S/c1-2-29-18-10-8-9-17(15-18)24-22(26)16-25(21-14-7-6-13-20(21)23)30(27,28)19-11-4-3-5-12-19/h3-15H,2,16H2,1H3,(H,24,26). The molecule has 0 unspecified atom stereocenters. The SMILES string of the molecule is CCOc1cccc(NC(=O)CN(c2ccccc2Cl)S(=O)(=O)c2ccccc2)c1. The van der Waals surface area contributed by atoms with Crippen molar-refractivity contribution in [3.8, 4) is 5.75 Å². The highest BCUT2D eigenvalue weighted by atomic mass is 35.5. The minimum atomic E-state index is -4.02. The second kappa shape index (κ2) is 9.65. The molecule has 0 saturated carbocycles. The largest absolute Gasteiger partial charge is 0.494 e. The first kappa shape index (κ1) is 21.7. The maximum absolute atomic E-state index is 13.3. The number of benzene rings is 3. The number of anilines is 2. The molecular formula is C22H21ClN2O4S. The van der Waals surface area contributed by atoms with Gasteiger partial charge in [-0.2, -0.15) is 0 Å². The number of carbonyl (C=O) groups excluding carboxylic acids is 1. The van der Waals surface area contributed by atoms with Gasteiger partial charge in [-0.25, -0.2) is 8.42 Å². The van der Waals surface area contributed by atoms with Gasteiger partial charge in [0.2, 0.25) is 5.91 Å². The molecule has 6 nitrogen and oxygen atoms in total. The second-order valence-electron chi connectivity index (χ2n) is 6.29. The number of sulfonamides is 1. The lowest BCUT2D eigenvalue weighted by atomic mass is 10.3. The maximum Gasteiger partial charge on any atom is 0.264 e. The van der Waals surface area contributed by atoms with Crippen LogP contribution in [-0.2, 0) is 14.8 Å². The summed E-state index contributed by atoms with van der Waals surface area (Å²) < 4.78 is 33.0. The lowest BCUT2D eigenvalue weighted by Crippen LogP contribution is -2.38. The van der Waals surface area contributed by atoms with Gasteiger partial charge in [0.25, 0.3) is 10.0 Å². The van der Waals surface area contributed by atoms with Gasteiger partial charge in [-0.05, 0) is 43.3 Å². The van der Waals surface area contributed by atoms with Gasteiger partial charge < -0.3 is 10.1 Å². The predicted octanol–water partition coefficient (Wildman–Crippen LogP) is 4.57. The quantitative estimate of drug-likeness (QED) is 0.552. The van der Waals surface area contributed by atoms with E-state index in [9.17, 15) is 13.2 Å². The third-order valence-electron chi connectivity index (χ3n) is 4.17. The normalized spacial score (nSPS) is 11.0. The van der Waals surface area contributed by atoms with Crippen molar-refractivity contribution in [3.63, 3.8) is 0 Å². The van der Waals surface area contributed by atoms with Gasteiger partial charge in [0, 0.05) is 11.8 Å². The Labute approximate surface area is 181 Å². The Morgan fingerprint density at radius 1 is 1.00 bits per heavy atom. The van der Waals surface area contributed by atoms with Crippen LogP contribution in [0.3, 0.4) is 0 Å². The minimum Gasteiger partial charge on any atom is -0.494 e. The van der Waals surface area contributed by atoms with E-state index in [-0.39, 0.29) is 15.6 Å². The van der Waals surface area contributed by atoms with Crippen LogP contribution in [-0.4, -0.2) is 27.5 Å². The smallest absolute Gasteiger partial charge is 0.264 e. The van der Waals surface area contributed by atoms with E-state index in [0.29, 0.717) is 18.0 Å². The summed E-state index contributed by atoms with van der Waals surface area (Å²) in [5.74, 6) is 0.0956. The van der Waals surface area contributed by atoms with E-state index in [1.165, 1.54) is 12.1 Å². The Morgan fingerprint density at radius 2 is 1.70 bits per heavy atom. The molecule has 0 aliphatic rings. The lowest BCUT2D eigenvalue weighted by Gasteiger charge is -2.25. The fourth-order valence-electron chi connectivity index (χ4n) is 2.83. The Bertz CT molecular complexity index is 1120. The van der Waals surface area contributed by atoms with Crippen LogP contribution >= 0.6 is 11.6 Å². The zero-order valence-electron chi connectivity index (χ0n) is 16.3. The number of halogens is 1. The minimum absolute atomic E-state index is 0.0658. The van der Waals surface area contributed by atoms with Crippen LogP contribution in [0.1, 0.15) is 6.92 Å². The Hall–Kier alpha value is -3.03. The van der Waals surface area contributed by atoms with Gasteiger partial charge in [-0.3, -0.25) is 9.10 Å². The highest BCUT2D eigenvalue weighted by Crippen LogP contribution is 2.30. The van der Waals surface area contributed by atoms with Crippen LogP contribution in [0.25, 0.3) is 0 Å². The van der Waals surface area contributed by atoms with Crippen LogP contribution in [0, 0.1) is 0 Å². The molecule has 0 aromatic heterocycles. The molecule has 0 aliphatic carbocycles. The van der Waals surface area contributed by atoms with E-state index < -0.39 is 22.5 Å². The van der Waals surface area contributed by atoms with E-state index in [4.69, 9.17) is 16.3 Å². The van der Waals surface area contributed by atoms with E-state index in [2.05, 4.69) is 5.32 Å². The van der Waals surface area contributed by atoms with Gasteiger partial charge in [-0.1, -0.05) is 48.0 Å². The van der Waals surface area contributed by atoms with Gasteiger partial charge in [0.15, 0.2) is 0 Å². The zero-order valence-corrected chi connectivity index (χ0v) is 17.9. The van der Waals surface area contributed by atoms with E-state index in [1.807, 2.05) is 6.92 Å². The van der Waals surface area contributed by atoms with Gasteiger partial charge in [0.1, 0.15) is 12.3 Å². The number of ether oxygens (including phenoxy) is 1. The van der Waals surface area contributed by atoms with Gasteiger partial charge >= 0.3 is 0 Å². The first-order valence-corrected chi connectivity index (χ1v) is 11.1. The van der Waals surface area contributed by atoms with Crippen LogP contribution in [0.5, 0.6) is 5.75 Å². The zero-order chi connectivity index (χ0) is 21.6. The summed E-state index contributed by atoms with van der Waals surface area (Å²) in [5, 5.41) is 2.94. The van der Waals surface area contributed by atoms with Gasteiger partial charge in [-0.15, -0.1) is 0 Å². The summed E-state index contributed by atoms with van der Waals surface area (Å²) in [6, 6.07) is 21.3. The molecule has 0 radical (unpaired) electrons. The molecule has 0 aliphatic heterocycles. The molecule has 0 bridgehead atoms. The first-order valence-electron chi connectivity index (χ1n) is 9.27. The number of carbonyl (C=O) groups is 1. The molecular weight excluding hydrogens is 424 g/mol. The molecule has 156 valence electrons. The Balaban J connectivity index is 1.91. The summed E-state index contributed by atoms with van der Waals surface area (Å²) in [7, 11) is -4.02. The lowest BCUT2D eigenvalue weighted by molar-refractivity contribution is -0.114. The third-order valence-corrected chi connectivity index (χ3v) is 6.26. The maximum atomic E-state index is 13.3. The molecule has 0 saturated heterocycles. The fraction of sp³-hybridized carbons (Fsp3) is 0.136. The monoisotopic (exact) mass is 444 g/mol. The van der Waals surface area contributed by atoms with Crippen molar-refractivity contribution in [2.24, 2.45) is 0 Å². The average Bonchev–Trinajstić information content (AvgIpc) is 2.74. The molecule has 30 heavy (non-hydrogen) atoms. The van der Waals surface area contributed by atoms with Crippen molar-refractivity contribution in [1.29, 1.82) is 0 Å². The number of nitrogens with zero attached hydrogens (tertiary/aromatic N) is 1. The van der Waals surface area contributed by atoms with Crippen LogP contribution in [0.4, 0.5) is 11.4 Å². The number of para-hydroxylation sites is 1. The van der Waals surface area contributed by atoms with Crippen molar-refractivity contribution in [3.05, 3.63) is 83.9 Å². The molecule has 0 spiro atoms. The summed E-state index contributed by atoms with van der Waals surface area (Å²) in [6.45, 7) is 1.91. The number of hydrogen-bond donors (Lipinski definition) is 1. The summed E-state index contributed by atoms with van der Waals surface area (Å²) in [4.78, 5) is 12.8. The van der Waals surface area contributed by atoms with Crippen LogP contribution < -0.4 is 14.4 Å². The van der Waals surface area contributed by atoms with Crippen molar-refractivity contribution in [1.82, 2.24) is 0 Å². The number of rotatable bonds is 8. The molecule has 3 aromatic rings. The third kappa shape index (κ3) is 5.11. The molecule has 0 atom stereocenters. The Morgan fingerprint density at radius 3 is 2.40 bits per heavy atom. The molecule has 1 amide bonds. The number of amides is 1. The van der Waals surface area contributed by atoms with E-state index in [0.717, 1.165) is 4.31 Å². The van der Waals surface area contributed by atoms with Crippen molar-refractivity contribution in [2.75, 3.05) is 22.8 Å². The van der Waals surface area contributed by atoms with Gasteiger partial charge in [0.05, 0.1) is 22.2 Å². The van der Waals surface area contributed by atoms with Crippen LogP contribution in [0.2, 0.25) is 5.02 Å². The van der Waals surface area contributed by atoms with Crippen molar-refractivity contribution < 1.29 is 17.9 Å². The molecule has 1 N–H and O–H groups in total. The average molecular weight is 445 g/mol. The first-order chi connectivity index (χ1) is 14.4. The van der Waals surface area contributed by atoms with Crippen molar-refractivity contribution >= 4 is 38.9 Å². The van der Waals surface area contributed by atoms with E-state index >= 15 is 0 Å². The fourth-order valence-corrected chi connectivity index (χ4v) is 4.58. The number of nitrogens with one attached hydrogen (secondary N) is 1. The van der Waals surface area contributed by atoms with Crippen LogP contribution in [0.15, 0.2) is 83.8 Å². The summed E-state index contributed by atoms with van der Waals surface area (Å²) in [5.41, 5.74) is 0.725. The Kier molecular flexibility index (Phi) is 6.97. The molecule has 0 heterocycles. The molecule has 3 aromatic carbocycles. The van der Waals surface area contributed by atoms with Crippen molar-refractivity contribution in [2.45, 2.75) is 11.8 Å². The molecule has 8 heteroatoms. The topological polar surface area (TPSA) is 75.7 Å². The second-order valence-corrected chi connectivity index (χ2v) is 8.55. The summed E-state index contributed by atoms with van der Waals surface area (Å²) in [6.07, 6.45) is 0. The predicted molar refractivity (Wildman–Crippen MR) is 119 cm³/mol.